The third-order valence-corrected chi connectivity index (χ3v) is 6.80. The molecule has 4 atom stereocenters. The molecule has 0 bridgehead atoms. The number of nitrogens with two attached hydrogens (primary N) is 1. The molecule has 0 aliphatic carbocycles. The van der Waals surface area contributed by atoms with E-state index in [-0.39, 0.29) is 30.4 Å². The average Bonchev–Trinajstić information content (AvgIpc) is 3.44. The van der Waals surface area contributed by atoms with Crippen LogP contribution in [0.15, 0.2) is 36.9 Å². The summed E-state index contributed by atoms with van der Waals surface area (Å²) in [4.78, 5) is 26.5. The number of imidazole rings is 1. The summed E-state index contributed by atoms with van der Waals surface area (Å²) in [6.45, 7) is 7.88. The van der Waals surface area contributed by atoms with E-state index < -0.39 is 24.5 Å². The summed E-state index contributed by atoms with van der Waals surface area (Å²) in [5.41, 5.74) is 8.56. The van der Waals surface area contributed by atoms with Crippen molar-refractivity contribution in [2.24, 2.45) is 0 Å². The number of aromatic nitrogens is 4. The number of amides is 2. The first-order valence-corrected chi connectivity index (χ1v) is 13.0. The second-order valence-corrected chi connectivity index (χ2v) is 10.7. The van der Waals surface area contributed by atoms with Gasteiger partial charge in [-0.25, -0.2) is 19.7 Å². The Labute approximate surface area is 227 Å². The molecule has 1 aliphatic rings. The van der Waals surface area contributed by atoms with Gasteiger partial charge in [0.2, 0.25) is 0 Å². The quantitative estimate of drug-likeness (QED) is 0.201. The largest absolute Gasteiger partial charge is 0.395 e. The van der Waals surface area contributed by atoms with E-state index in [0.29, 0.717) is 42.9 Å². The highest BCUT2D eigenvalue weighted by Gasteiger charge is 2.44. The zero-order valence-electron chi connectivity index (χ0n) is 22.5. The number of benzene rings is 1. The molecule has 0 spiro atoms. The van der Waals surface area contributed by atoms with Crippen LogP contribution in [0.5, 0.6) is 0 Å². The number of carbonyl (C=O) groups is 1. The Hall–Kier alpha value is -3.36. The van der Waals surface area contributed by atoms with Gasteiger partial charge in [-0.1, -0.05) is 32.9 Å². The van der Waals surface area contributed by atoms with E-state index in [1.54, 1.807) is 0 Å². The predicted octanol–water partition coefficient (Wildman–Crippen LogP) is 0.831. The highest BCUT2D eigenvalue weighted by molar-refractivity contribution is 5.89. The molecular formula is C26H38N8O5. The van der Waals surface area contributed by atoms with Gasteiger partial charge in [0.15, 0.2) is 17.7 Å². The summed E-state index contributed by atoms with van der Waals surface area (Å²) in [7, 11) is 0. The van der Waals surface area contributed by atoms with Crippen LogP contribution in [0.2, 0.25) is 0 Å². The second-order valence-electron chi connectivity index (χ2n) is 10.7. The van der Waals surface area contributed by atoms with Crippen LogP contribution in [0.25, 0.3) is 11.2 Å². The van der Waals surface area contributed by atoms with Crippen molar-refractivity contribution in [2.75, 3.05) is 43.8 Å². The fourth-order valence-electron chi connectivity index (χ4n) is 4.59. The zero-order valence-corrected chi connectivity index (χ0v) is 22.5. The van der Waals surface area contributed by atoms with Crippen molar-refractivity contribution in [3.8, 4) is 0 Å². The van der Waals surface area contributed by atoms with E-state index in [9.17, 15) is 20.1 Å². The Morgan fingerprint density at radius 1 is 1.13 bits per heavy atom. The lowest BCUT2D eigenvalue weighted by molar-refractivity contribution is -0.0451. The summed E-state index contributed by atoms with van der Waals surface area (Å²) >= 11 is 0. The molecule has 0 radical (unpaired) electrons. The number of nitrogens with zero attached hydrogens (tertiary/aromatic N) is 5. The Kier molecular flexibility index (Phi) is 8.97. The lowest BCUT2D eigenvalue weighted by Gasteiger charge is -2.26. The summed E-state index contributed by atoms with van der Waals surface area (Å²) < 4.78 is 7.54. The Morgan fingerprint density at radius 2 is 1.87 bits per heavy atom. The van der Waals surface area contributed by atoms with Crippen molar-refractivity contribution in [1.29, 1.82) is 0 Å². The van der Waals surface area contributed by atoms with Crippen molar-refractivity contribution >= 4 is 28.7 Å². The molecule has 0 saturated carbocycles. The monoisotopic (exact) mass is 542 g/mol. The molecule has 1 aliphatic heterocycles. The molecule has 1 saturated heterocycles. The van der Waals surface area contributed by atoms with Crippen molar-refractivity contribution in [3.05, 3.63) is 42.5 Å². The van der Waals surface area contributed by atoms with Crippen molar-refractivity contribution in [3.63, 3.8) is 0 Å². The van der Waals surface area contributed by atoms with Crippen molar-refractivity contribution in [2.45, 2.75) is 57.1 Å². The van der Waals surface area contributed by atoms with E-state index in [0.717, 1.165) is 0 Å². The van der Waals surface area contributed by atoms with Crippen LogP contribution >= 0.6 is 0 Å². The fourth-order valence-corrected chi connectivity index (χ4v) is 4.59. The van der Waals surface area contributed by atoms with Crippen LogP contribution in [-0.2, 0) is 10.2 Å². The maximum atomic E-state index is 12.3. The molecule has 1 unspecified atom stereocenters. The molecule has 13 nitrogen and oxygen atoms in total. The first kappa shape index (κ1) is 28.6. The van der Waals surface area contributed by atoms with Crippen molar-refractivity contribution < 1.29 is 24.9 Å². The fraction of sp³-hybridized carbons (Fsp3) is 0.538. The van der Waals surface area contributed by atoms with Crippen LogP contribution in [-0.4, -0.2) is 96.9 Å². The molecule has 13 heteroatoms. The van der Waals surface area contributed by atoms with Gasteiger partial charge in [-0.15, -0.1) is 0 Å². The number of rotatable bonds is 10. The van der Waals surface area contributed by atoms with E-state index in [2.05, 4.69) is 46.4 Å². The van der Waals surface area contributed by atoms with E-state index >= 15 is 0 Å². The molecule has 2 amide bonds. The van der Waals surface area contributed by atoms with Crippen LogP contribution in [0.3, 0.4) is 0 Å². The number of nitrogens with one attached hydrogen (secondary N) is 2. The molecule has 212 valence electrons. The average molecular weight is 543 g/mol. The summed E-state index contributed by atoms with van der Waals surface area (Å²) in [6.07, 6.45) is -0.675. The maximum Gasteiger partial charge on any atom is 0.319 e. The normalized spacial score (nSPS) is 21.5. The number of urea groups is 1. The number of carbonyl (C=O) groups excluding carboxylic acids is 1. The highest BCUT2D eigenvalue weighted by atomic mass is 16.6. The zero-order chi connectivity index (χ0) is 28.2. The van der Waals surface area contributed by atoms with Gasteiger partial charge in [0.05, 0.1) is 12.9 Å². The summed E-state index contributed by atoms with van der Waals surface area (Å²) in [5.74, 6) is 0.207. The Morgan fingerprint density at radius 3 is 2.56 bits per heavy atom. The van der Waals surface area contributed by atoms with Crippen LogP contribution in [0, 0.1) is 0 Å². The number of anilines is 2. The van der Waals surface area contributed by atoms with Gasteiger partial charge in [0.1, 0.15) is 30.2 Å². The van der Waals surface area contributed by atoms with Gasteiger partial charge in [-0.05, 0) is 29.5 Å². The van der Waals surface area contributed by atoms with Crippen LogP contribution < -0.4 is 16.4 Å². The topological polar surface area (TPSA) is 184 Å². The van der Waals surface area contributed by atoms with Crippen molar-refractivity contribution in [1.82, 2.24) is 29.7 Å². The first-order valence-electron chi connectivity index (χ1n) is 13.0. The SMILES string of the molecule is CC(C)(C)c1ccc(NC(=O)NCCCN(CCO)C[C@H]2OC(n3cnc4c(N)ncnc43)[C@H](O)[C@@H]2O)cc1. The summed E-state index contributed by atoms with van der Waals surface area (Å²) in [6, 6.07) is 7.46. The minimum atomic E-state index is -1.22. The Bertz CT molecular complexity index is 1250. The van der Waals surface area contributed by atoms with E-state index in [1.807, 2.05) is 29.2 Å². The third kappa shape index (κ3) is 6.81. The number of hydrogen-bond acceptors (Lipinski definition) is 10. The van der Waals surface area contributed by atoms with Crippen LogP contribution in [0.4, 0.5) is 16.3 Å². The molecule has 1 fully saturated rings. The molecule has 3 aromatic rings. The second kappa shape index (κ2) is 12.2. The van der Waals surface area contributed by atoms with Gasteiger partial charge < -0.3 is 36.4 Å². The van der Waals surface area contributed by atoms with E-state index in [1.165, 1.54) is 22.8 Å². The van der Waals surface area contributed by atoms with Gasteiger partial charge in [0, 0.05) is 31.9 Å². The summed E-state index contributed by atoms with van der Waals surface area (Å²) in [5, 5.41) is 36.6. The number of aliphatic hydroxyl groups is 3. The lowest BCUT2D eigenvalue weighted by Crippen LogP contribution is -2.42. The molecule has 3 heterocycles. The number of hydrogen-bond donors (Lipinski definition) is 6. The minimum Gasteiger partial charge on any atom is -0.395 e. The lowest BCUT2D eigenvalue weighted by atomic mass is 9.87. The molecule has 1 aromatic carbocycles. The highest BCUT2D eigenvalue weighted by Crippen LogP contribution is 2.32. The molecule has 4 rings (SSSR count). The van der Waals surface area contributed by atoms with Gasteiger partial charge in [0.25, 0.3) is 0 Å². The Balaban J connectivity index is 1.27. The van der Waals surface area contributed by atoms with Gasteiger partial charge in [-0.2, -0.15) is 0 Å². The first-order chi connectivity index (χ1) is 18.6. The maximum absolute atomic E-state index is 12.3. The van der Waals surface area contributed by atoms with E-state index in [4.69, 9.17) is 10.5 Å². The van der Waals surface area contributed by atoms with Crippen LogP contribution in [0.1, 0.15) is 39.0 Å². The number of aliphatic hydroxyl groups excluding tert-OH is 3. The third-order valence-electron chi connectivity index (χ3n) is 6.80. The number of nitrogen functional groups attached to an aromatic ring is 1. The molecular weight excluding hydrogens is 504 g/mol. The molecule has 39 heavy (non-hydrogen) atoms. The standard InChI is InChI=1S/C26H38N8O5/c1-26(2,3)16-5-7-17(8-6-16)32-25(38)28-9-4-10-33(11-12-35)13-18-20(36)21(37)24(39-18)34-15-31-19-22(27)29-14-30-23(19)34/h5-8,14-15,18,20-21,24,35-37H,4,9-13H2,1-3H3,(H2,27,29,30)(H2,28,32,38)/t18-,20-,21-,24?/m1/s1. The van der Waals surface area contributed by atoms with Gasteiger partial charge >= 0.3 is 6.03 Å². The predicted molar refractivity (Wildman–Crippen MR) is 146 cm³/mol. The van der Waals surface area contributed by atoms with Gasteiger partial charge in [-0.3, -0.25) is 9.47 Å². The number of ether oxygens (including phenoxy) is 1. The molecule has 7 N–H and O–H groups in total. The smallest absolute Gasteiger partial charge is 0.319 e. The number of fused-ring (bicyclic) bond motifs is 1. The minimum absolute atomic E-state index is 0.0388. The molecule has 2 aromatic heterocycles.